The largest absolute Gasteiger partial charge is 0.479 e. The molecule has 1 aliphatic heterocycles. The molecule has 0 bridgehead atoms. The number of rotatable bonds is 2. The molecule has 0 aromatic carbocycles. The normalized spacial score (nSPS) is 24.8. The first kappa shape index (κ1) is 14.7. The van der Waals surface area contributed by atoms with Crippen molar-refractivity contribution in [2.24, 2.45) is 0 Å². The van der Waals surface area contributed by atoms with Crippen LogP contribution in [-0.4, -0.2) is 60.3 Å². The van der Waals surface area contributed by atoms with Crippen LogP contribution in [0.15, 0.2) is 0 Å². The van der Waals surface area contributed by atoms with Gasteiger partial charge in [0.25, 0.3) is 0 Å². The molecule has 1 heterocycles. The van der Waals surface area contributed by atoms with Crippen LogP contribution in [0.3, 0.4) is 0 Å². The average Bonchev–Trinajstić information content (AvgIpc) is 2.26. The Labute approximate surface area is 106 Å². The lowest BCUT2D eigenvalue weighted by Gasteiger charge is -2.36. The molecule has 1 N–H and O–H groups in total. The van der Waals surface area contributed by atoms with E-state index in [9.17, 15) is 9.59 Å². The van der Waals surface area contributed by atoms with Crippen LogP contribution >= 0.6 is 0 Å². The van der Waals surface area contributed by atoms with E-state index in [-0.39, 0.29) is 13.1 Å². The molecule has 0 spiro atoms. The summed E-state index contributed by atoms with van der Waals surface area (Å²) in [5.41, 5.74) is -0.628. The molecule has 104 valence electrons. The number of ether oxygens (including phenoxy) is 3. The molecule has 1 aliphatic rings. The predicted octanol–water partition coefficient (Wildman–Crippen LogP) is 0.679. The number of hydrogen-bond donors (Lipinski definition) is 1. The van der Waals surface area contributed by atoms with Gasteiger partial charge >= 0.3 is 12.1 Å². The van der Waals surface area contributed by atoms with Crippen LogP contribution in [0.4, 0.5) is 4.79 Å². The Morgan fingerprint density at radius 3 is 2.39 bits per heavy atom. The number of aliphatic carboxylic acids is 1. The van der Waals surface area contributed by atoms with Crippen molar-refractivity contribution in [2.75, 3.05) is 20.2 Å². The standard InChI is InChI=1S/C11H19NO6/c1-11(2,3)18-10(15)12-5-7(9(13)14)17-8(6-12)16-4/h7-8H,5-6H2,1-4H3,(H,13,14)/t7-,8-/m0/s1. The molecule has 7 heteroatoms. The van der Waals surface area contributed by atoms with Gasteiger partial charge in [-0.15, -0.1) is 0 Å². The molecule has 18 heavy (non-hydrogen) atoms. The molecule has 7 nitrogen and oxygen atoms in total. The summed E-state index contributed by atoms with van der Waals surface area (Å²) in [4.78, 5) is 24.0. The summed E-state index contributed by atoms with van der Waals surface area (Å²) in [6.45, 7) is 5.33. The molecule has 0 aromatic rings. The zero-order valence-corrected chi connectivity index (χ0v) is 11.0. The van der Waals surface area contributed by atoms with Crippen molar-refractivity contribution in [3.63, 3.8) is 0 Å². The molecule has 0 aliphatic carbocycles. The van der Waals surface area contributed by atoms with Crippen LogP contribution in [-0.2, 0) is 19.0 Å². The third-order valence-corrected chi connectivity index (χ3v) is 2.26. The van der Waals surface area contributed by atoms with Gasteiger partial charge in [0.1, 0.15) is 5.60 Å². The number of morpholine rings is 1. The smallest absolute Gasteiger partial charge is 0.410 e. The Morgan fingerprint density at radius 2 is 1.94 bits per heavy atom. The maximum Gasteiger partial charge on any atom is 0.410 e. The number of amides is 1. The summed E-state index contributed by atoms with van der Waals surface area (Å²) in [5, 5.41) is 8.92. The summed E-state index contributed by atoms with van der Waals surface area (Å²) in [6, 6.07) is 0. The molecule has 2 atom stereocenters. The number of carboxylic acids is 1. The second-order valence-electron chi connectivity index (χ2n) is 5.01. The first-order valence-corrected chi connectivity index (χ1v) is 5.62. The van der Waals surface area contributed by atoms with E-state index >= 15 is 0 Å². The average molecular weight is 261 g/mol. The summed E-state index contributed by atoms with van der Waals surface area (Å²) >= 11 is 0. The van der Waals surface area contributed by atoms with Gasteiger partial charge in [0.15, 0.2) is 12.4 Å². The summed E-state index contributed by atoms with van der Waals surface area (Å²) in [6.07, 6.45) is -2.43. The van der Waals surface area contributed by atoms with Crippen LogP contribution in [0.25, 0.3) is 0 Å². The first-order valence-electron chi connectivity index (χ1n) is 5.62. The SMILES string of the molecule is CO[C@@H]1CN(C(=O)OC(C)(C)C)C[C@@H](C(=O)O)O1. The van der Waals surface area contributed by atoms with Gasteiger partial charge in [-0.2, -0.15) is 0 Å². The molecule has 1 rings (SSSR count). The number of methoxy groups -OCH3 is 1. The van der Waals surface area contributed by atoms with Crippen molar-refractivity contribution in [2.45, 2.75) is 38.8 Å². The van der Waals surface area contributed by atoms with Crippen LogP contribution in [0.5, 0.6) is 0 Å². The van der Waals surface area contributed by atoms with Gasteiger partial charge in [0.05, 0.1) is 13.1 Å². The first-order chi connectivity index (χ1) is 8.23. The fourth-order valence-electron chi connectivity index (χ4n) is 1.47. The van der Waals surface area contributed by atoms with Gasteiger partial charge in [0.2, 0.25) is 0 Å². The van der Waals surface area contributed by atoms with E-state index in [1.807, 2.05) is 0 Å². The molecular weight excluding hydrogens is 242 g/mol. The van der Waals surface area contributed by atoms with E-state index in [1.54, 1.807) is 20.8 Å². The number of carbonyl (C=O) groups excluding carboxylic acids is 1. The van der Waals surface area contributed by atoms with Crippen molar-refractivity contribution in [1.29, 1.82) is 0 Å². The minimum Gasteiger partial charge on any atom is -0.479 e. The van der Waals surface area contributed by atoms with Crippen molar-refractivity contribution in [3.05, 3.63) is 0 Å². The second-order valence-corrected chi connectivity index (χ2v) is 5.01. The second kappa shape index (κ2) is 5.53. The van der Waals surface area contributed by atoms with Crippen molar-refractivity contribution < 1.29 is 28.9 Å². The highest BCUT2D eigenvalue weighted by Crippen LogP contribution is 2.16. The molecular formula is C11H19NO6. The highest BCUT2D eigenvalue weighted by molar-refractivity contribution is 5.75. The minimum atomic E-state index is -1.13. The van der Waals surface area contributed by atoms with Crippen molar-refractivity contribution in [1.82, 2.24) is 4.90 Å². The fraction of sp³-hybridized carbons (Fsp3) is 0.818. The quantitative estimate of drug-likeness (QED) is 0.786. The Bertz CT molecular complexity index is 324. The van der Waals surface area contributed by atoms with E-state index in [0.717, 1.165) is 0 Å². The number of carbonyl (C=O) groups is 2. The van der Waals surface area contributed by atoms with E-state index in [0.29, 0.717) is 0 Å². The van der Waals surface area contributed by atoms with Crippen LogP contribution in [0.2, 0.25) is 0 Å². The molecule has 1 fully saturated rings. The number of hydrogen-bond acceptors (Lipinski definition) is 5. The lowest BCUT2D eigenvalue weighted by molar-refractivity contribution is -0.206. The molecule has 0 aromatic heterocycles. The Kier molecular flexibility index (Phi) is 4.53. The molecule has 1 saturated heterocycles. The highest BCUT2D eigenvalue weighted by atomic mass is 16.7. The summed E-state index contributed by atoms with van der Waals surface area (Å²) < 4.78 is 15.3. The van der Waals surface area contributed by atoms with Crippen molar-refractivity contribution >= 4 is 12.1 Å². The van der Waals surface area contributed by atoms with E-state index in [1.165, 1.54) is 12.0 Å². The Morgan fingerprint density at radius 1 is 1.33 bits per heavy atom. The van der Waals surface area contributed by atoms with E-state index < -0.39 is 30.1 Å². The van der Waals surface area contributed by atoms with Gasteiger partial charge < -0.3 is 19.3 Å². The maximum atomic E-state index is 11.8. The zero-order chi connectivity index (χ0) is 13.9. The molecule has 0 unspecified atom stereocenters. The Balaban J connectivity index is 2.69. The topological polar surface area (TPSA) is 85.3 Å². The van der Waals surface area contributed by atoms with E-state index in [2.05, 4.69) is 0 Å². The molecule has 1 amide bonds. The van der Waals surface area contributed by atoms with Gasteiger partial charge in [-0.05, 0) is 20.8 Å². The summed E-state index contributed by atoms with van der Waals surface area (Å²) in [5.74, 6) is -1.13. The third kappa shape index (κ3) is 4.15. The monoisotopic (exact) mass is 261 g/mol. The molecule has 0 radical (unpaired) electrons. The molecule has 0 saturated carbocycles. The van der Waals surface area contributed by atoms with Gasteiger partial charge in [-0.3, -0.25) is 4.90 Å². The van der Waals surface area contributed by atoms with Gasteiger partial charge in [-0.25, -0.2) is 9.59 Å². The maximum absolute atomic E-state index is 11.8. The lowest BCUT2D eigenvalue weighted by Crippen LogP contribution is -2.54. The summed E-state index contributed by atoms with van der Waals surface area (Å²) in [7, 11) is 1.39. The number of nitrogens with zero attached hydrogens (tertiary/aromatic N) is 1. The van der Waals surface area contributed by atoms with Crippen LogP contribution < -0.4 is 0 Å². The predicted molar refractivity (Wildman–Crippen MR) is 61.1 cm³/mol. The Hall–Kier alpha value is -1.34. The van der Waals surface area contributed by atoms with Crippen LogP contribution in [0, 0.1) is 0 Å². The van der Waals surface area contributed by atoms with Gasteiger partial charge in [0, 0.05) is 7.11 Å². The van der Waals surface area contributed by atoms with Crippen LogP contribution in [0.1, 0.15) is 20.8 Å². The zero-order valence-electron chi connectivity index (χ0n) is 11.0. The van der Waals surface area contributed by atoms with E-state index in [4.69, 9.17) is 19.3 Å². The van der Waals surface area contributed by atoms with Crippen molar-refractivity contribution in [3.8, 4) is 0 Å². The third-order valence-electron chi connectivity index (χ3n) is 2.26. The lowest BCUT2D eigenvalue weighted by atomic mass is 10.2. The number of carboxylic acid groups (broad SMARTS) is 1. The highest BCUT2D eigenvalue weighted by Gasteiger charge is 2.36. The fourth-order valence-corrected chi connectivity index (χ4v) is 1.47. The minimum absolute atomic E-state index is 0.0515. The van der Waals surface area contributed by atoms with Gasteiger partial charge in [-0.1, -0.05) is 0 Å².